The monoisotopic (exact) mass is 339 g/mol. The zero-order valence-corrected chi connectivity index (χ0v) is 13.9. The van der Waals surface area contributed by atoms with Gasteiger partial charge in [-0.3, -0.25) is 14.4 Å². The lowest BCUT2D eigenvalue weighted by molar-refractivity contribution is -0.125. The topological polar surface area (TPSA) is 108 Å². The van der Waals surface area contributed by atoms with Crippen molar-refractivity contribution in [3.05, 3.63) is 29.8 Å². The largest absolute Gasteiger partial charge is 0.508 e. The normalized spacial score (nSPS) is 12.8. The third-order valence-corrected chi connectivity index (χ3v) is 4.00. The van der Waals surface area contributed by atoms with Gasteiger partial charge in [-0.15, -0.1) is 0 Å². The van der Waals surface area contributed by atoms with Crippen molar-refractivity contribution >= 4 is 29.3 Å². The number of rotatable bonds is 8. The van der Waals surface area contributed by atoms with E-state index in [9.17, 15) is 19.5 Å². The Kier molecular flexibility index (Phi) is 7.96. The number of phenols is 1. The van der Waals surface area contributed by atoms with E-state index in [2.05, 4.69) is 16.0 Å². The summed E-state index contributed by atoms with van der Waals surface area (Å²) in [5.74, 6) is -0.0115. The predicted octanol–water partition coefficient (Wildman–Crippen LogP) is 0.627. The van der Waals surface area contributed by atoms with Gasteiger partial charge in [-0.2, -0.15) is 0 Å². The number of phenolic OH excluding ortho intramolecular Hbond substituents is 1. The minimum absolute atomic E-state index is 0.149. The second-order valence-electron chi connectivity index (χ2n) is 4.97. The summed E-state index contributed by atoms with van der Waals surface area (Å²) < 4.78 is 0. The minimum Gasteiger partial charge on any atom is -0.508 e. The Balaban J connectivity index is 2.53. The highest BCUT2D eigenvalue weighted by atomic mass is 32.2. The SMILES string of the molecule is CNC(=O)SCC(NC=O)C(=O)NC(C)Cc1ccc(O)cc1. The second-order valence-corrected chi connectivity index (χ2v) is 5.96. The Morgan fingerprint density at radius 3 is 2.52 bits per heavy atom. The highest BCUT2D eigenvalue weighted by Crippen LogP contribution is 2.11. The molecule has 8 heteroatoms. The van der Waals surface area contributed by atoms with Gasteiger partial charge in [0, 0.05) is 18.8 Å². The van der Waals surface area contributed by atoms with E-state index < -0.39 is 6.04 Å². The van der Waals surface area contributed by atoms with Gasteiger partial charge in [-0.1, -0.05) is 23.9 Å². The molecule has 2 atom stereocenters. The molecule has 0 saturated heterocycles. The van der Waals surface area contributed by atoms with Crippen LogP contribution < -0.4 is 16.0 Å². The Morgan fingerprint density at radius 1 is 1.30 bits per heavy atom. The van der Waals surface area contributed by atoms with Crippen molar-refractivity contribution in [1.29, 1.82) is 0 Å². The van der Waals surface area contributed by atoms with E-state index in [-0.39, 0.29) is 28.7 Å². The molecule has 1 aromatic rings. The molecule has 0 bridgehead atoms. The predicted molar refractivity (Wildman–Crippen MR) is 89.3 cm³/mol. The van der Waals surface area contributed by atoms with Gasteiger partial charge in [0.25, 0.3) is 5.24 Å². The van der Waals surface area contributed by atoms with Crippen molar-refractivity contribution in [2.45, 2.75) is 25.4 Å². The maximum atomic E-state index is 12.2. The Bertz CT molecular complexity index is 536. The molecule has 23 heavy (non-hydrogen) atoms. The van der Waals surface area contributed by atoms with Crippen LogP contribution in [0.25, 0.3) is 0 Å². The third kappa shape index (κ3) is 7.05. The Labute approximate surface area is 139 Å². The lowest BCUT2D eigenvalue weighted by Crippen LogP contribution is -2.48. The molecule has 0 aliphatic carbocycles. The molecule has 0 heterocycles. The summed E-state index contributed by atoms with van der Waals surface area (Å²) in [6.45, 7) is 1.84. The molecule has 0 saturated carbocycles. The van der Waals surface area contributed by atoms with Crippen LogP contribution in [0.3, 0.4) is 0 Å². The number of amides is 3. The van der Waals surface area contributed by atoms with Gasteiger partial charge in [0.2, 0.25) is 12.3 Å². The molecular formula is C15H21N3O4S. The summed E-state index contributed by atoms with van der Waals surface area (Å²) in [4.78, 5) is 34.0. The maximum Gasteiger partial charge on any atom is 0.278 e. The van der Waals surface area contributed by atoms with Gasteiger partial charge in [-0.05, 0) is 31.0 Å². The zero-order chi connectivity index (χ0) is 17.2. The van der Waals surface area contributed by atoms with E-state index in [1.54, 1.807) is 24.3 Å². The molecule has 0 aliphatic rings. The van der Waals surface area contributed by atoms with Crippen molar-refractivity contribution in [2.75, 3.05) is 12.8 Å². The average Bonchev–Trinajstić information content (AvgIpc) is 2.53. The quantitative estimate of drug-likeness (QED) is 0.520. The summed E-state index contributed by atoms with van der Waals surface area (Å²) in [6.07, 6.45) is 1.03. The first-order valence-corrected chi connectivity index (χ1v) is 8.07. The lowest BCUT2D eigenvalue weighted by atomic mass is 10.1. The Morgan fingerprint density at radius 2 is 1.96 bits per heavy atom. The van der Waals surface area contributed by atoms with Crippen LogP contribution >= 0.6 is 11.8 Å². The molecule has 4 N–H and O–H groups in total. The number of hydrogen-bond acceptors (Lipinski definition) is 5. The van der Waals surface area contributed by atoms with E-state index >= 15 is 0 Å². The van der Waals surface area contributed by atoms with Crippen molar-refractivity contribution in [3.63, 3.8) is 0 Å². The first-order valence-electron chi connectivity index (χ1n) is 7.08. The van der Waals surface area contributed by atoms with Gasteiger partial charge >= 0.3 is 0 Å². The molecule has 7 nitrogen and oxygen atoms in total. The first kappa shape index (κ1) is 18.8. The summed E-state index contributed by atoms with van der Waals surface area (Å²) >= 11 is 0.925. The molecule has 0 aromatic heterocycles. The number of nitrogens with one attached hydrogen (secondary N) is 3. The molecule has 1 aromatic carbocycles. The highest BCUT2D eigenvalue weighted by Gasteiger charge is 2.20. The summed E-state index contributed by atoms with van der Waals surface area (Å²) in [5.41, 5.74) is 0.968. The molecule has 2 unspecified atom stereocenters. The summed E-state index contributed by atoms with van der Waals surface area (Å²) in [6, 6.07) is 5.78. The molecular weight excluding hydrogens is 318 g/mol. The van der Waals surface area contributed by atoms with Gasteiger partial charge in [-0.25, -0.2) is 0 Å². The van der Waals surface area contributed by atoms with Crippen LogP contribution in [-0.2, 0) is 16.0 Å². The van der Waals surface area contributed by atoms with E-state index in [1.807, 2.05) is 6.92 Å². The number of carbonyl (C=O) groups excluding carboxylic acids is 3. The first-order chi connectivity index (χ1) is 11.0. The smallest absolute Gasteiger partial charge is 0.278 e. The lowest BCUT2D eigenvalue weighted by Gasteiger charge is -2.19. The van der Waals surface area contributed by atoms with Crippen molar-refractivity contribution in [2.24, 2.45) is 0 Å². The van der Waals surface area contributed by atoms with Crippen LogP contribution in [0.4, 0.5) is 4.79 Å². The number of aromatic hydroxyl groups is 1. The van der Waals surface area contributed by atoms with Crippen molar-refractivity contribution in [1.82, 2.24) is 16.0 Å². The number of hydrogen-bond donors (Lipinski definition) is 4. The molecule has 126 valence electrons. The Hall–Kier alpha value is -2.22. The molecule has 0 radical (unpaired) electrons. The average molecular weight is 339 g/mol. The molecule has 0 spiro atoms. The van der Waals surface area contributed by atoms with Gasteiger partial charge in [0.1, 0.15) is 11.8 Å². The maximum absolute atomic E-state index is 12.2. The van der Waals surface area contributed by atoms with Gasteiger partial charge < -0.3 is 21.1 Å². The summed E-state index contributed by atoms with van der Waals surface area (Å²) in [7, 11) is 1.50. The summed E-state index contributed by atoms with van der Waals surface area (Å²) in [5, 5.41) is 16.6. The molecule has 1 rings (SSSR count). The van der Waals surface area contributed by atoms with Crippen LogP contribution in [0.15, 0.2) is 24.3 Å². The number of carbonyl (C=O) groups is 3. The zero-order valence-electron chi connectivity index (χ0n) is 13.0. The minimum atomic E-state index is -0.780. The van der Waals surface area contributed by atoms with Crippen molar-refractivity contribution in [3.8, 4) is 5.75 Å². The third-order valence-electron chi connectivity index (χ3n) is 3.04. The highest BCUT2D eigenvalue weighted by molar-refractivity contribution is 8.13. The van der Waals surface area contributed by atoms with Gasteiger partial charge in [0.05, 0.1) is 0 Å². The van der Waals surface area contributed by atoms with Crippen LogP contribution in [0.2, 0.25) is 0 Å². The fourth-order valence-electron chi connectivity index (χ4n) is 1.89. The van der Waals surface area contributed by atoms with Crippen LogP contribution in [0.1, 0.15) is 12.5 Å². The number of thioether (sulfide) groups is 1. The van der Waals surface area contributed by atoms with E-state index in [4.69, 9.17) is 0 Å². The standard InChI is InChI=1S/C15H21N3O4S/c1-10(7-11-3-5-12(20)6-4-11)18-14(21)13(17-9-19)8-23-15(22)16-2/h3-6,9-10,13,20H,7-8H2,1-2H3,(H,16,22)(H,17,19)(H,18,21). The fraction of sp³-hybridized carbons (Fsp3) is 0.400. The van der Waals surface area contributed by atoms with Gasteiger partial charge in [0.15, 0.2) is 0 Å². The molecule has 0 fully saturated rings. The molecule has 0 aliphatic heterocycles. The van der Waals surface area contributed by atoms with E-state index in [1.165, 1.54) is 7.05 Å². The fourth-order valence-corrected chi connectivity index (χ4v) is 2.60. The van der Waals surface area contributed by atoms with Crippen molar-refractivity contribution < 1.29 is 19.5 Å². The van der Waals surface area contributed by atoms with Crippen LogP contribution in [0, 0.1) is 0 Å². The molecule has 3 amide bonds. The van der Waals surface area contributed by atoms with Crippen LogP contribution in [-0.4, -0.2) is 47.5 Å². The number of benzene rings is 1. The van der Waals surface area contributed by atoms with Crippen LogP contribution in [0.5, 0.6) is 5.75 Å². The second kappa shape index (κ2) is 9.73. The van der Waals surface area contributed by atoms with E-state index in [0.717, 1.165) is 17.3 Å². The van der Waals surface area contributed by atoms with E-state index in [0.29, 0.717) is 12.8 Å².